The van der Waals surface area contributed by atoms with Gasteiger partial charge in [-0.1, -0.05) is 45.9 Å². The van der Waals surface area contributed by atoms with Crippen molar-refractivity contribution in [1.82, 2.24) is 24.9 Å². The van der Waals surface area contributed by atoms with Crippen molar-refractivity contribution in [3.8, 4) is 0 Å². The average molecular weight is 521 g/mol. The number of imidazole rings is 1. The summed E-state index contributed by atoms with van der Waals surface area (Å²) in [5.41, 5.74) is 4.85. The number of pyridine rings is 1. The van der Waals surface area contributed by atoms with Gasteiger partial charge in [0.15, 0.2) is 11.9 Å². The topological polar surface area (TPSA) is 75.4 Å². The van der Waals surface area contributed by atoms with Crippen molar-refractivity contribution in [2.45, 2.75) is 59.9 Å². The van der Waals surface area contributed by atoms with Gasteiger partial charge in [-0.2, -0.15) is 0 Å². The molecule has 38 heavy (non-hydrogen) atoms. The Morgan fingerprint density at radius 2 is 1.76 bits per heavy atom. The van der Waals surface area contributed by atoms with Crippen LogP contribution in [-0.2, 0) is 0 Å². The SMILES string of the molecule is CC.CN[C@H]1CCN(c2ccc3ncc(C)n3n2)C1.Cc1cc(C=O)ncc1C(C)C.Fc1ccccc1. The first kappa shape index (κ1) is 30.6. The maximum absolute atomic E-state index is 11.9. The first-order valence-electron chi connectivity index (χ1n) is 13.2. The van der Waals surface area contributed by atoms with Crippen molar-refractivity contribution >= 4 is 17.8 Å². The molecule has 8 heteroatoms. The van der Waals surface area contributed by atoms with Gasteiger partial charge in [0.2, 0.25) is 0 Å². The van der Waals surface area contributed by atoms with Gasteiger partial charge in [-0.25, -0.2) is 13.9 Å². The highest BCUT2D eigenvalue weighted by Gasteiger charge is 2.22. The zero-order valence-electron chi connectivity index (χ0n) is 23.6. The van der Waals surface area contributed by atoms with Crippen molar-refractivity contribution in [1.29, 1.82) is 0 Å². The fourth-order valence-corrected chi connectivity index (χ4v) is 4.02. The van der Waals surface area contributed by atoms with E-state index in [1.165, 1.54) is 24.1 Å². The zero-order valence-corrected chi connectivity index (χ0v) is 23.6. The number of aldehydes is 1. The van der Waals surface area contributed by atoms with Gasteiger partial charge < -0.3 is 10.2 Å². The lowest BCUT2D eigenvalue weighted by atomic mass is 10.0. The number of carbonyl (C=O) groups is 1. The Balaban J connectivity index is 0.000000211. The number of hydrogen-bond donors (Lipinski definition) is 1. The van der Waals surface area contributed by atoms with E-state index in [4.69, 9.17) is 0 Å². The lowest BCUT2D eigenvalue weighted by Gasteiger charge is -2.17. The molecular weight excluding hydrogens is 479 g/mol. The standard InChI is InChI=1S/C12H17N5.C10H13NO.C6H5F.C2H6/c1-9-7-14-11-3-4-12(15-17(9)11)16-6-5-10(8-16)13-2;1-7(2)10-5-11-9(6-12)4-8(10)3;7-6-4-2-1-3-5-6;1-2/h3-4,7,10,13H,5-6,8H2,1-2H3;4-7H,1-3H3;1-5H;1-2H3/t10-;;;/m0.../s1. The molecule has 0 bridgehead atoms. The number of anilines is 1. The van der Waals surface area contributed by atoms with Gasteiger partial charge in [0, 0.05) is 25.3 Å². The molecule has 1 N–H and O–H groups in total. The van der Waals surface area contributed by atoms with Crippen molar-refractivity contribution in [2.75, 3.05) is 25.0 Å². The Labute approximate surface area is 226 Å². The number of hydrogen-bond acceptors (Lipinski definition) is 6. The summed E-state index contributed by atoms with van der Waals surface area (Å²) in [7, 11) is 2.02. The van der Waals surface area contributed by atoms with Crippen LogP contribution in [0.2, 0.25) is 0 Å². The van der Waals surface area contributed by atoms with Crippen LogP contribution in [0, 0.1) is 19.7 Å². The van der Waals surface area contributed by atoms with Gasteiger partial charge in [-0.15, -0.1) is 5.10 Å². The Kier molecular flexibility index (Phi) is 12.5. The predicted octanol–water partition coefficient (Wildman–Crippen LogP) is 6.01. The molecule has 1 fully saturated rings. The summed E-state index contributed by atoms with van der Waals surface area (Å²) in [6.45, 7) is 14.4. The minimum Gasteiger partial charge on any atom is -0.354 e. The van der Waals surface area contributed by atoms with Crippen LogP contribution in [0.4, 0.5) is 10.2 Å². The second kappa shape index (κ2) is 15.6. The Hall–Kier alpha value is -3.65. The summed E-state index contributed by atoms with van der Waals surface area (Å²) >= 11 is 0. The maximum atomic E-state index is 11.9. The maximum Gasteiger partial charge on any atom is 0.168 e. The zero-order chi connectivity index (χ0) is 28.1. The van der Waals surface area contributed by atoms with E-state index < -0.39 is 0 Å². The summed E-state index contributed by atoms with van der Waals surface area (Å²) in [4.78, 5) is 21.0. The van der Waals surface area contributed by atoms with E-state index in [2.05, 4.69) is 45.2 Å². The van der Waals surface area contributed by atoms with Crippen LogP contribution in [0.5, 0.6) is 0 Å². The molecule has 4 heterocycles. The molecule has 204 valence electrons. The van der Waals surface area contributed by atoms with Crippen molar-refractivity contribution < 1.29 is 9.18 Å². The highest BCUT2D eigenvalue weighted by Crippen LogP contribution is 2.19. The van der Waals surface area contributed by atoms with Crippen LogP contribution >= 0.6 is 0 Å². The fraction of sp³-hybridized carbons (Fsp3) is 0.400. The van der Waals surface area contributed by atoms with Crippen LogP contribution in [0.3, 0.4) is 0 Å². The number of benzene rings is 1. The minimum atomic E-state index is -0.178. The molecule has 5 rings (SSSR count). The monoisotopic (exact) mass is 520 g/mol. The lowest BCUT2D eigenvalue weighted by molar-refractivity contribution is 0.111. The summed E-state index contributed by atoms with van der Waals surface area (Å²) in [5.74, 6) is 1.33. The van der Waals surface area contributed by atoms with E-state index in [1.54, 1.807) is 24.4 Å². The van der Waals surface area contributed by atoms with E-state index in [-0.39, 0.29) is 5.82 Å². The third kappa shape index (κ3) is 8.73. The van der Waals surface area contributed by atoms with E-state index >= 15 is 0 Å². The van der Waals surface area contributed by atoms with E-state index in [0.29, 0.717) is 17.7 Å². The summed E-state index contributed by atoms with van der Waals surface area (Å²) in [6.07, 6.45) is 5.59. The molecule has 3 aromatic heterocycles. The molecule has 0 spiro atoms. The Bertz CT molecular complexity index is 1260. The Morgan fingerprint density at radius 1 is 1.05 bits per heavy atom. The molecule has 1 saturated heterocycles. The number of aromatic nitrogens is 4. The minimum absolute atomic E-state index is 0.178. The molecule has 0 amide bonds. The second-order valence-corrected chi connectivity index (χ2v) is 9.12. The number of halogens is 1. The molecule has 4 aromatic rings. The number of nitrogens with zero attached hydrogens (tertiary/aromatic N) is 5. The summed E-state index contributed by atoms with van der Waals surface area (Å²) in [6, 6.07) is 14.4. The number of aryl methyl sites for hydroxylation is 2. The smallest absolute Gasteiger partial charge is 0.168 e. The quantitative estimate of drug-likeness (QED) is 0.332. The number of fused-ring (bicyclic) bond motifs is 1. The molecule has 1 aliphatic heterocycles. The normalized spacial score (nSPS) is 14.1. The second-order valence-electron chi connectivity index (χ2n) is 9.12. The first-order chi connectivity index (χ1) is 18.3. The molecule has 0 aliphatic carbocycles. The van der Waals surface area contributed by atoms with Crippen LogP contribution in [-0.4, -0.2) is 52.0 Å². The highest BCUT2D eigenvalue weighted by atomic mass is 19.1. The summed E-state index contributed by atoms with van der Waals surface area (Å²) in [5, 5.41) is 7.96. The van der Waals surface area contributed by atoms with Gasteiger partial charge in [0.25, 0.3) is 0 Å². The van der Waals surface area contributed by atoms with Crippen LogP contribution in [0.15, 0.2) is 60.9 Å². The fourth-order valence-electron chi connectivity index (χ4n) is 4.02. The predicted molar refractivity (Wildman–Crippen MR) is 154 cm³/mol. The van der Waals surface area contributed by atoms with Crippen LogP contribution in [0.25, 0.3) is 5.65 Å². The number of carbonyl (C=O) groups excluding carboxylic acids is 1. The third-order valence-electron chi connectivity index (χ3n) is 6.09. The Morgan fingerprint density at radius 3 is 2.29 bits per heavy atom. The third-order valence-corrected chi connectivity index (χ3v) is 6.09. The largest absolute Gasteiger partial charge is 0.354 e. The van der Waals surface area contributed by atoms with E-state index in [0.717, 1.165) is 42.1 Å². The van der Waals surface area contributed by atoms with Crippen LogP contribution < -0.4 is 10.2 Å². The van der Waals surface area contributed by atoms with Gasteiger partial charge in [0.1, 0.15) is 17.3 Å². The molecule has 0 saturated carbocycles. The number of nitrogens with one attached hydrogen (secondary N) is 1. The summed E-state index contributed by atoms with van der Waals surface area (Å²) < 4.78 is 13.8. The van der Waals surface area contributed by atoms with E-state index in [1.807, 2.05) is 57.6 Å². The number of likely N-dealkylation sites (N-methyl/N-ethyl adjacent to an activating group) is 1. The molecule has 0 radical (unpaired) electrons. The van der Waals surface area contributed by atoms with E-state index in [9.17, 15) is 9.18 Å². The molecule has 1 aromatic carbocycles. The molecule has 7 nitrogen and oxygen atoms in total. The highest BCUT2D eigenvalue weighted by molar-refractivity contribution is 5.72. The average Bonchev–Trinajstić information content (AvgIpc) is 3.57. The lowest BCUT2D eigenvalue weighted by Crippen LogP contribution is -2.30. The van der Waals surface area contributed by atoms with Gasteiger partial charge >= 0.3 is 0 Å². The van der Waals surface area contributed by atoms with Gasteiger partial charge in [-0.05, 0) is 74.7 Å². The molecule has 0 unspecified atom stereocenters. The molecule has 1 aliphatic rings. The van der Waals surface area contributed by atoms with Crippen LogP contribution in [0.1, 0.15) is 67.3 Å². The van der Waals surface area contributed by atoms with Gasteiger partial charge in [-0.3, -0.25) is 9.78 Å². The van der Waals surface area contributed by atoms with Crippen molar-refractivity contribution in [2.24, 2.45) is 0 Å². The molecular formula is C30H41FN6O. The molecule has 1 atom stereocenters. The first-order valence-corrected chi connectivity index (χ1v) is 13.2. The van der Waals surface area contributed by atoms with Gasteiger partial charge in [0.05, 0.1) is 11.9 Å². The van der Waals surface area contributed by atoms with Crippen molar-refractivity contribution in [3.05, 3.63) is 89.3 Å². The number of rotatable bonds is 4. The van der Waals surface area contributed by atoms with Crippen molar-refractivity contribution in [3.63, 3.8) is 0 Å².